The van der Waals surface area contributed by atoms with E-state index in [0.717, 1.165) is 17.8 Å². The van der Waals surface area contributed by atoms with Gasteiger partial charge in [0.15, 0.2) is 0 Å². The first kappa shape index (κ1) is 9.05. The third-order valence-corrected chi connectivity index (χ3v) is 3.57. The van der Waals surface area contributed by atoms with E-state index in [2.05, 4.69) is 31.2 Å². The van der Waals surface area contributed by atoms with Gasteiger partial charge in [0.2, 0.25) is 0 Å². The number of hydrogen-bond donors (Lipinski definition) is 0. The van der Waals surface area contributed by atoms with Crippen LogP contribution in [0.5, 0.6) is 0 Å². The van der Waals surface area contributed by atoms with Crippen LogP contribution in [0.2, 0.25) is 0 Å². The summed E-state index contributed by atoms with van der Waals surface area (Å²) in [7, 11) is 0. The molecule has 0 nitrogen and oxygen atoms in total. The van der Waals surface area contributed by atoms with E-state index in [1.807, 2.05) is 0 Å². The van der Waals surface area contributed by atoms with E-state index in [1.54, 1.807) is 0 Å². The van der Waals surface area contributed by atoms with Crippen LogP contribution in [0.15, 0.2) is 24.3 Å². The molecule has 0 radical (unpaired) electrons. The number of unbranched alkanes of at least 4 members (excludes halogenated alkanes) is 1. The molecular formula is C13H20. The van der Waals surface area contributed by atoms with Gasteiger partial charge in [-0.2, -0.15) is 0 Å². The highest BCUT2D eigenvalue weighted by molar-refractivity contribution is 5.14. The van der Waals surface area contributed by atoms with Gasteiger partial charge in [0.05, 0.1) is 0 Å². The average Bonchev–Trinajstić information content (AvgIpc) is 2.32. The topological polar surface area (TPSA) is 0 Å². The smallest absolute Gasteiger partial charge is 0.0196 e. The zero-order chi connectivity index (χ0) is 9.10. The molecule has 1 fully saturated rings. The molecule has 0 spiro atoms. The Balaban J connectivity index is 1.93. The van der Waals surface area contributed by atoms with Crippen LogP contribution in [0, 0.1) is 17.8 Å². The highest BCUT2D eigenvalue weighted by Gasteiger charge is 2.31. The predicted octanol–water partition coefficient (Wildman–Crippen LogP) is 3.95. The zero-order valence-electron chi connectivity index (χ0n) is 8.58. The van der Waals surface area contributed by atoms with E-state index in [0.29, 0.717) is 0 Å². The molecule has 3 atom stereocenters. The Morgan fingerprint density at radius 3 is 2.85 bits per heavy atom. The Kier molecular flexibility index (Phi) is 2.87. The Morgan fingerprint density at radius 1 is 1.15 bits per heavy atom. The molecule has 0 saturated heterocycles. The second-order valence-corrected chi connectivity index (χ2v) is 4.57. The van der Waals surface area contributed by atoms with Crippen molar-refractivity contribution in [3.63, 3.8) is 0 Å². The van der Waals surface area contributed by atoms with Gasteiger partial charge in [-0.25, -0.2) is 0 Å². The Bertz CT molecular complexity index is 212. The minimum absolute atomic E-state index is 0.891. The van der Waals surface area contributed by atoms with Crippen LogP contribution in [0.3, 0.4) is 0 Å². The highest BCUT2D eigenvalue weighted by atomic mass is 14.4. The Morgan fingerprint density at radius 2 is 2.00 bits per heavy atom. The summed E-state index contributed by atoms with van der Waals surface area (Å²) < 4.78 is 0. The quantitative estimate of drug-likeness (QED) is 0.611. The van der Waals surface area contributed by atoms with Crippen molar-refractivity contribution >= 4 is 0 Å². The van der Waals surface area contributed by atoms with E-state index >= 15 is 0 Å². The van der Waals surface area contributed by atoms with Gasteiger partial charge in [0.25, 0.3) is 0 Å². The zero-order valence-corrected chi connectivity index (χ0v) is 8.58. The first-order valence-electron chi connectivity index (χ1n) is 5.75. The lowest BCUT2D eigenvalue weighted by Gasteiger charge is -2.15. The fourth-order valence-corrected chi connectivity index (χ4v) is 2.82. The normalized spacial score (nSPS) is 36.5. The maximum Gasteiger partial charge on any atom is -0.0196 e. The van der Waals surface area contributed by atoms with E-state index in [-0.39, 0.29) is 0 Å². The number of fused-ring (bicyclic) bond motifs is 2. The van der Waals surface area contributed by atoms with Crippen LogP contribution < -0.4 is 0 Å². The van der Waals surface area contributed by atoms with Crippen molar-refractivity contribution in [2.75, 3.05) is 0 Å². The molecule has 2 aliphatic carbocycles. The monoisotopic (exact) mass is 176 g/mol. The summed E-state index contributed by atoms with van der Waals surface area (Å²) in [5.74, 6) is 2.78. The van der Waals surface area contributed by atoms with Crippen molar-refractivity contribution in [2.24, 2.45) is 17.8 Å². The van der Waals surface area contributed by atoms with E-state index in [1.165, 1.54) is 32.1 Å². The predicted molar refractivity (Wildman–Crippen MR) is 57.5 cm³/mol. The summed E-state index contributed by atoms with van der Waals surface area (Å²) in [6, 6.07) is 0. The van der Waals surface area contributed by atoms with Crippen LogP contribution >= 0.6 is 0 Å². The second-order valence-electron chi connectivity index (χ2n) is 4.57. The van der Waals surface area contributed by atoms with Gasteiger partial charge in [-0.1, -0.05) is 44.1 Å². The lowest BCUT2D eigenvalue weighted by Crippen LogP contribution is -2.04. The van der Waals surface area contributed by atoms with Crippen LogP contribution in [0.1, 0.15) is 39.0 Å². The molecule has 0 heteroatoms. The molecule has 0 heterocycles. The third-order valence-electron chi connectivity index (χ3n) is 3.57. The molecule has 0 aromatic rings. The van der Waals surface area contributed by atoms with Gasteiger partial charge in [0, 0.05) is 0 Å². The fourth-order valence-electron chi connectivity index (χ4n) is 2.82. The van der Waals surface area contributed by atoms with Crippen molar-refractivity contribution in [2.45, 2.75) is 39.0 Å². The number of rotatable bonds is 3. The van der Waals surface area contributed by atoms with Crippen LogP contribution in [0.4, 0.5) is 0 Å². The lowest BCUT2D eigenvalue weighted by molar-refractivity contribution is 0.409. The first-order valence-corrected chi connectivity index (χ1v) is 5.75. The Hall–Kier alpha value is -0.520. The van der Waals surface area contributed by atoms with Crippen LogP contribution in [-0.4, -0.2) is 0 Å². The summed E-state index contributed by atoms with van der Waals surface area (Å²) >= 11 is 0. The fraction of sp³-hybridized carbons (Fsp3) is 0.692. The maximum atomic E-state index is 2.43. The number of hydrogen-bond acceptors (Lipinski definition) is 0. The molecule has 2 rings (SSSR count). The lowest BCUT2D eigenvalue weighted by atomic mass is 9.90. The standard InChI is InChI=1S/C13H20/c1-2-3-7-12-9-11-6-4-5-8-13(12)10-11/h4-6,8,11-13H,2-3,7,9-10H2,1H3. The van der Waals surface area contributed by atoms with Crippen molar-refractivity contribution in [1.29, 1.82) is 0 Å². The summed E-state index contributed by atoms with van der Waals surface area (Å²) in [4.78, 5) is 0. The molecule has 0 N–H and O–H groups in total. The summed E-state index contributed by atoms with van der Waals surface area (Å²) in [5.41, 5.74) is 0. The van der Waals surface area contributed by atoms with Crippen molar-refractivity contribution in [1.82, 2.24) is 0 Å². The Labute approximate surface area is 81.7 Å². The van der Waals surface area contributed by atoms with Gasteiger partial charge in [0.1, 0.15) is 0 Å². The molecule has 2 aliphatic rings. The van der Waals surface area contributed by atoms with Gasteiger partial charge >= 0.3 is 0 Å². The first-order chi connectivity index (χ1) is 6.40. The van der Waals surface area contributed by atoms with Gasteiger partial charge in [-0.15, -0.1) is 0 Å². The molecule has 3 unspecified atom stereocenters. The summed E-state index contributed by atoms with van der Waals surface area (Å²) in [5, 5.41) is 0. The molecule has 1 saturated carbocycles. The highest BCUT2D eigenvalue weighted by Crippen LogP contribution is 2.41. The van der Waals surface area contributed by atoms with Crippen LogP contribution in [-0.2, 0) is 0 Å². The molecule has 13 heavy (non-hydrogen) atoms. The van der Waals surface area contributed by atoms with Gasteiger partial charge < -0.3 is 0 Å². The molecule has 0 aliphatic heterocycles. The van der Waals surface area contributed by atoms with Crippen molar-refractivity contribution < 1.29 is 0 Å². The SMILES string of the molecule is CCCCC1CC2C=CC=CC1C2. The minimum Gasteiger partial charge on any atom is -0.0814 e. The molecule has 0 aromatic heterocycles. The minimum atomic E-state index is 0.891. The maximum absolute atomic E-state index is 2.43. The molecule has 2 bridgehead atoms. The van der Waals surface area contributed by atoms with Crippen LogP contribution in [0.25, 0.3) is 0 Å². The average molecular weight is 176 g/mol. The molecular weight excluding hydrogens is 156 g/mol. The van der Waals surface area contributed by atoms with E-state index in [4.69, 9.17) is 0 Å². The molecule has 0 amide bonds. The molecule has 0 aromatic carbocycles. The number of allylic oxidation sites excluding steroid dienone is 4. The molecule has 72 valence electrons. The van der Waals surface area contributed by atoms with E-state index < -0.39 is 0 Å². The van der Waals surface area contributed by atoms with E-state index in [9.17, 15) is 0 Å². The largest absolute Gasteiger partial charge is 0.0814 e. The van der Waals surface area contributed by atoms with Crippen molar-refractivity contribution in [3.05, 3.63) is 24.3 Å². The van der Waals surface area contributed by atoms with Crippen molar-refractivity contribution in [3.8, 4) is 0 Å². The summed E-state index contributed by atoms with van der Waals surface area (Å²) in [6.07, 6.45) is 16.4. The van der Waals surface area contributed by atoms with Gasteiger partial charge in [-0.05, 0) is 37.0 Å². The summed E-state index contributed by atoms with van der Waals surface area (Å²) in [6.45, 7) is 2.29. The van der Waals surface area contributed by atoms with Gasteiger partial charge in [-0.3, -0.25) is 0 Å². The second kappa shape index (κ2) is 4.13. The third kappa shape index (κ3) is 2.04.